The lowest BCUT2D eigenvalue weighted by molar-refractivity contribution is -0.0566. The molecule has 16 heavy (non-hydrogen) atoms. The van der Waals surface area contributed by atoms with Gasteiger partial charge in [0.2, 0.25) is 11.9 Å². The number of hydrogen-bond donors (Lipinski definition) is 4. The van der Waals surface area contributed by atoms with Crippen LogP contribution in [0, 0.1) is 0 Å². The Morgan fingerprint density at radius 2 is 1.38 bits per heavy atom. The first-order valence-corrected chi connectivity index (χ1v) is 3.59. The number of hydrogen-bond acceptors (Lipinski definition) is 4. The lowest BCUT2D eigenvalue weighted by Crippen LogP contribution is -2.26. The van der Waals surface area contributed by atoms with Crippen molar-refractivity contribution in [2.45, 2.75) is 6.18 Å². The van der Waals surface area contributed by atoms with Crippen LogP contribution in [0.1, 0.15) is 0 Å². The van der Waals surface area contributed by atoms with E-state index in [-0.39, 0.29) is 6.21 Å². The molecule has 0 radical (unpaired) electrons. The maximum absolute atomic E-state index is 12.2. The highest BCUT2D eigenvalue weighted by Crippen LogP contribution is 2.16. The van der Waals surface area contributed by atoms with Gasteiger partial charge < -0.3 is 22.9 Å². The summed E-state index contributed by atoms with van der Waals surface area (Å²) in [6, 6.07) is 0. The monoisotopic (exact) mass is 238 g/mol. The Kier molecular flexibility index (Phi) is 4.72. The molecule has 0 fully saturated rings. The second-order valence-corrected chi connectivity index (χ2v) is 2.28. The van der Waals surface area contributed by atoms with Gasteiger partial charge in [0.15, 0.2) is 5.71 Å². The zero-order valence-electron chi connectivity index (χ0n) is 7.81. The quantitative estimate of drug-likeness (QED) is 0.266. The lowest BCUT2D eigenvalue weighted by atomic mass is 10.4. The van der Waals surface area contributed by atoms with E-state index in [1.54, 1.807) is 0 Å². The van der Waals surface area contributed by atoms with Gasteiger partial charge in [0.25, 0.3) is 0 Å². The Morgan fingerprint density at radius 3 is 1.75 bits per heavy atom. The van der Waals surface area contributed by atoms with Gasteiger partial charge in [-0.1, -0.05) is 0 Å². The van der Waals surface area contributed by atoms with Crippen molar-refractivity contribution in [1.29, 1.82) is 0 Å². The summed E-state index contributed by atoms with van der Waals surface area (Å²) >= 11 is 0. The summed E-state index contributed by atoms with van der Waals surface area (Å²) in [7, 11) is 0. The number of nitrogens with two attached hydrogens (primary N) is 4. The topological polar surface area (TPSA) is 154 Å². The zero-order valence-corrected chi connectivity index (χ0v) is 7.81. The zero-order chi connectivity index (χ0) is 12.8. The molecule has 0 aliphatic rings. The molecule has 0 saturated carbocycles. The van der Waals surface area contributed by atoms with Gasteiger partial charge in [-0.05, 0) is 0 Å². The van der Waals surface area contributed by atoms with E-state index in [1.807, 2.05) is 0 Å². The number of nitrogens with zero attached hydrogens (tertiary/aromatic N) is 4. The molecule has 0 aromatic rings. The van der Waals surface area contributed by atoms with Crippen molar-refractivity contribution in [3.8, 4) is 0 Å². The fraction of sp³-hybridized carbons (Fsp3) is 0.200. The maximum atomic E-state index is 12.2. The second kappa shape index (κ2) is 5.53. The molecular formula is C5H9F3N8. The molecule has 0 aromatic carbocycles. The highest BCUT2D eigenvalue weighted by molar-refractivity contribution is 6.33. The molecule has 0 aliphatic heterocycles. The standard InChI is InChI=1S/C5H9F3N8/c6-5(7,8)2(14-16-4(11)12)1-13-15-3(9)10/h1H,(H4,9,10,15)(H4,11,12,16)/b13-1+,14-2-. The second-order valence-electron chi connectivity index (χ2n) is 2.28. The van der Waals surface area contributed by atoms with Gasteiger partial charge in [0, 0.05) is 0 Å². The highest BCUT2D eigenvalue weighted by atomic mass is 19.4. The smallest absolute Gasteiger partial charge is 0.369 e. The Morgan fingerprint density at radius 1 is 0.875 bits per heavy atom. The van der Waals surface area contributed by atoms with E-state index in [4.69, 9.17) is 22.9 Å². The van der Waals surface area contributed by atoms with Crippen molar-refractivity contribution in [2.24, 2.45) is 43.3 Å². The first kappa shape index (κ1) is 13.7. The molecule has 8 N–H and O–H groups in total. The average molecular weight is 238 g/mol. The van der Waals surface area contributed by atoms with Crippen LogP contribution in [0.25, 0.3) is 0 Å². The number of guanidine groups is 2. The van der Waals surface area contributed by atoms with Crippen molar-refractivity contribution < 1.29 is 13.2 Å². The van der Waals surface area contributed by atoms with Crippen LogP contribution in [0.15, 0.2) is 20.4 Å². The number of alkyl halides is 3. The minimum absolute atomic E-state index is 0.270. The molecule has 8 nitrogen and oxygen atoms in total. The number of halogens is 3. The Labute approximate surface area is 87.6 Å². The van der Waals surface area contributed by atoms with E-state index in [9.17, 15) is 13.2 Å². The summed E-state index contributed by atoms with van der Waals surface area (Å²) in [5.41, 5.74) is 17.8. The molecule has 0 heterocycles. The van der Waals surface area contributed by atoms with Gasteiger partial charge in [-0.3, -0.25) is 0 Å². The van der Waals surface area contributed by atoms with Crippen LogP contribution in [0.5, 0.6) is 0 Å². The SMILES string of the molecule is NC(N)=N/N=C(/C=N/N=C(N)N)C(F)(F)F. The van der Waals surface area contributed by atoms with Gasteiger partial charge in [-0.2, -0.15) is 18.3 Å². The van der Waals surface area contributed by atoms with Crippen molar-refractivity contribution in [2.75, 3.05) is 0 Å². The normalized spacial score (nSPS) is 12.6. The Bertz CT molecular complexity index is 343. The van der Waals surface area contributed by atoms with E-state index in [0.717, 1.165) is 0 Å². The van der Waals surface area contributed by atoms with Crippen LogP contribution >= 0.6 is 0 Å². The molecule has 0 unspecified atom stereocenters. The van der Waals surface area contributed by atoms with Crippen LogP contribution in [0.3, 0.4) is 0 Å². The van der Waals surface area contributed by atoms with Crippen molar-refractivity contribution in [3.05, 3.63) is 0 Å². The highest BCUT2D eigenvalue weighted by Gasteiger charge is 2.35. The maximum Gasteiger partial charge on any atom is 0.436 e. The molecule has 0 bridgehead atoms. The molecule has 0 aromatic heterocycles. The molecule has 0 amide bonds. The fourth-order valence-electron chi connectivity index (χ4n) is 0.418. The molecule has 90 valence electrons. The number of rotatable bonds is 3. The minimum Gasteiger partial charge on any atom is -0.369 e. The third-order valence-corrected chi connectivity index (χ3v) is 0.917. The molecule has 0 atom stereocenters. The summed E-state index contributed by atoms with van der Waals surface area (Å²) < 4.78 is 36.6. The average Bonchev–Trinajstić information content (AvgIpc) is 2.07. The molecule has 0 saturated heterocycles. The van der Waals surface area contributed by atoms with Crippen molar-refractivity contribution in [1.82, 2.24) is 0 Å². The van der Waals surface area contributed by atoms with Crippen LogP contribution < -0.4 is 22.9 Å². The molecule has 11 heteroatoms. The molecule has 0 spiro atoms. The van der Waals surface area contributed by atoms with Crippen molar-refractivity contribution in [3.63, 3.8) is 0 Å². The first-order valence-electron chi connectivity index (χ1n) is 3.59. The van der Waals surface area contributed by atoms with E-state index in [2.05, 4.69) is 20.4 Å². The minimum atomic E-state index is -4.78. The van der Waals surface area contributed by atoms with E-state index in [1.165, 1.54) is 0 Å². The van der Waals surface area contributed by atoms with Gasteiger partial charge >= 0.3 is 6.18 Å². The van der Waals surface area contributed by atoms with Crippen LogP contribution in [0.4, 0.5) is 13.2 Å². The molecule has 0 aliphatic carbocycles. The fourth-order valence-corrected chi connectivity index (χ4v) is 0.418. The summed E-state index contributed by atoms with van der Waals surface area (Å²) in [4.78, 5) is 0. The van der Waals surface area contributed by atoms with Crippen LogP contribution in [-0.2, 0) is 0 Å². The molecule has 0 rings (SSSR count). The van der Waals surface area contributed by atoms with Crippen molar-refractivity contribution >= 4 is 23.8 Å². The van der Waals surface area contributed by atoms with Gasteiger partial charge in [0.05, 0.1) is 6.21 Å². The summed E-state index contributed by atoms with van der Waals surface area (Å²) in [5.74, 6) is -1.13. The van der Waals surface area contributed by atoms with Gasteiger partial charge in [0.1, 0.15) is 0 Å². The summed E-state index contributed by atoms with van der Waals surface area (Å²) in [6.07, 6.45) is -4.51. The van der Waals surface area contributed by atoms with Gasteiger partial charge in [-0.15, -0.1) is 15.3 Å². The predicted molar refractivity (Wildman–Crippen MR) is 53.6 cm³/mol. The Balaban J connectivity index is 4.99. The van der Waals surface area contributed by atoms with Crippen LogP contribution in [0.2, 0.25) is 0 Å². The Hall–Kier alpha value is -2.33. The van der Waals surface area contributed by atoms with E-state index in [0.29, 0.717) is 0 Å². The third kappa shape index (κ3) is 6.17. The van der Waals surface area contributed by atoms with Gasteiger partial charge in [-0.25, -0.2) is 0 Å². The summed E-state index contributed by atoms with van der Waals surface area (Å²) in [5, 5.41) is 11.4. The van der Waals surface area contributed by atoms with Crippen LogP contribution in [-0.4, -0.2) is 30.0 Å². The van der Waals surface area contributed by atoms with E-state index >= 15 is 0 Å². The largest absolute Gasteiger partial charge is 0.436 e. The predicted octanol–water partition coefficient (Wildman–Crippen LogP) is -1.56. The summed E-state index contributed by atoms with van der Waals surface area (Å²) in [6.45, 7) is 0. The third-order valence-electron chi connectivity index (χ3n) is 0.917. The molecular weight excluding hydrogens is 229 g/mol. The van der Waals surface area contributed by atoms with E-state index < -0.39 is 23.8 Å². The lowest BCUT2D eigenvalue weighted by Gasteiger charge is -2.02. The first-order chi connectivity index (χ1) is 7.23.